The minimum absolute atomic E-state index is 0.168. The molecule has 2 rings (SSSR count). The predicted molar refractivity (Wildman–Crippen MR) is 77.7 cm³/mol. The highest BCUT2D eigenvalue weighted by Crippen LogP contribution is 2.17. The lowest BCUT2D eigenvalue weighted by atomic mass is 10.1. The van der Waals surface area contributed by atoms with E-state index in [0.29, 0.717) is 6.10 Å². The lowest BCUT2D eigenvalue weighted by Gasteiger charge is -2.19. The fourth-order valence-electron chi connectivity index (χ4n) is 2.35. The molecule has 0 bridgehead atoms. The van der Waals surface area contributed by atoms with Gasteiger partial charge in [0.1, 0.15) is 0 Å². The molecule has 20 heavy (non-hydrogen) atoms. The SMILES string of the molecule is CC(C)(C)NCCCc1nnc(CCC2CCCO2)o1. The van der Waals surface area contributed by atoms with E-state index in [2.05, 4.69) is 36.3 Å². The van der Waals surface area contributed by atoms with Crippen molar-refractivity contribution in [3.63, 3.8) is 0 Å². The number of hydrogen-bond acceptors (Lipinski definition) is 5. The van der Waals surface area contributed by atoms with E-state index < -0.39 is 0 Å². The van der Waals surface area contributed by atoms with E-state index in [1.807, 2.05) is 0 Å². The van der Waals surface area contributed by atoms with E-state index in [9.17, 15) is 0 Å². The smallest absolute Gasteiger partial charge is 0.216 e. The molecule has 5 heteroatoms. The van der Waals surface area contributed by atoms with Crippen LogP contribution in [0.5, 0.6) is 0 Å². The first-order valence-corrected chi connectivity index (χ1v) is 7.71. The molecule has 1 atom stereocenters. The lowest BCUT2D eigenvalue weighted by Crippen LogP contribution is -2.36. The topological polar surface area (TPSA) is 60.2 Å². The Balaban J connectivity index is 1.64. The summed E-state index contributed by atoms with van der Waals surface area (Å²) >= 11 is 0. The molecule has 114 valence electrons. The van der Waals surface area contributed by atoms with Crippen molar-refractivity contribution in [1.29, 1.82) is 0 Å². The Morgan fingerprint density at radius 2 is 1.95 bits per heavy atom. The van der Waals surface area contributed by atoms with Gasteiger partial charge in [-0.3, -0.25) is 0 Å². The van der Waals surface area contributed by atoms with E-state index >= 15 is 0 Å². The second-order valence-corrected chi connectivity index (χ2v) is 6.54. The predicted octanol–water partition coefficient (Wildman–Crippen LogP) is 2.50. The first-order chi connectivity index (χ1) is 9.53. The van der Waals surface area contributed by atoms with Crippen LogP contribution in [0.4, 0.5) is 0 Å². The zero-order chi connectivity index (χ0) is 14.4. The minimum atomic E-state index is 0.168. The summed E-state index contributed by atoms with van der Waals surface area (Å²) in [5.41, 5.74) is 0.168. The molecule has 0 aliphatic carbocycles. The normalized spacial score (nSPS) is 19.6. The molecule has 5 nitrogen and oxygen atoms in total. The molecule has 2 heterocycles. The average Bonchev–Trinajstić information content (AvgIpc) is 3.02. The molecule has 0 radical (unpaired) electrons. The molecule has 0 aromatic carbocycles. The van der Waals surface area contributed by atoms with Gasteiger partial charge >= 0.3 is 0 Å². The third kappa shape index (κ3) is 5.59. The number of rotatable bonds is 7. The van der Waals surface area contributed by atoms with Gasteiger partial charge in [0, 0.05) is 25.0 Å². The monoisotopic (exact) mass is 281 g/mol. The molecule has 1 fully saturated rings. The molecular formula is C15H27N3O2. The van der Waals surface area contributed by atoms with Crippen molar-refractivity contribution in [2.24, 2.45) is 0 Å². The number of aromatic nitrogens is 2. The van der Waals surface area contributed by atoms with Crippen LogP contribution >= 0.6 is 0 Å². The largest absolute Gasteiger partial charge is 0.425 e. The van der Waals surface area contributed by atoms with Gasteiger partial charge in [0.05, 0.1) is 6.10 Å². The van der Waals surface area contributed by atoms with Crippen LogP contribution in [0.15, 0.2) is 4.42 Å². The van der Waals surface area contributed by atoms with E-state index in [4.69, 9.17) is 9.15 Å². The second kappa shape index (κ2) is 7.18. The summed E-state index contributed by atoms with van der Waals surface area (Å²) in [6.45, 7) is 8.38. The van der Waals surface area contributed by atoms with Crippen molar-refractivity contribution in [2.45, 2.75) is 70.9 Å². The van der Waals surface area contributed by atoms with Gasteiger partial charge in [0.2, 0.25) is 11.8 Å². The fraction of sp³-hybridized carbons (Fsp3) is 0.867. The summed E-state index contributed by atoms with van der Waals surface area (Å²) in [5, 5.41) is 11.7. The van der Waals surface area contributed by atoms with Gasteiger partial charge in [-0.1, -0.05) is 0 Å². The van der Waals surface area contributed by atoms with E-state index in [0.717, 1.165) is 50.6 Å². The summed E-state index contributed by atoms with van der Waals surface area (Å²) < 4.78 is 11.3. The molecule has 1 N–H and O–H groups in total. The van der Waals surface area contributed by atoms with Crippen LogP contribution in [0.25, 0.3) is 0 Å². The Morgan fingerprint density at radius 1 is 1.20 bits per heavy atom. The van der Waals surface area contributed by atoms with Crippen LogP contribution in [-0.2, 0) is 17.6 Å². The summed E-state index contributed by atoms with van der Waals surface area (Å²) in [5.74, 6) is 1.50. The molecule has 1 saturated heterocycles. The molecule has 1 aliphatic rings. The Hall–Kier alpha value is -0.940. The van der Waals surface area contributed by atoms with E-state index in [1.54, 1.807) is 0 Å². The number of nitrogens with zero attached hydrogens (tertiary/aromatic N) is 2. The summed E-state index contributed by atoms with van der Waals surface area (Å²) in [6, 6.07) is 0. The van der Waals surface area contributed by atoms with Crippen LogP contribution < -0.4 is 5.32 Å². The van der Waals surface area contributed by atoms with Gasteiger partial charge in [-0.25, -0.2) is 0 Å². The van der Waals surface area contributed by atoms with Crippen molar-refractivity contribution in [1.82, 2.24) is 15.5 Å². The third-order valence-corrected chi connectivity index (χ3v) is 3.44. The highest BCUT2D eigenvalue weighted by atomic mass is 16.5. The Labute approximate surface area is 121 Å². The zero-order valence-electron chi connectivity index (χ0n) is 12.9. The number of aryl methyl sites for hydroxylation is 2. The molecule has 0 saturated carbocycles. The van der Waals surface area contributed by atoms with E-state index in [-0.39, 0.29) is 5.54 Å². The molecule has 0 amide bonds. The van der Waals surface area contributed by atoms with Gasteiger partial charge in [-0.2, -0.15) is 0 Å². The van der Waals surface area contributed by atoms with Crippen molar-refractivity contribution in [3.05, 3.63) is 11.8 Å². The summed E-state index contributed by atoms with van der Waals surface area (Å²) in [6.07, 6.45) is 6.42. The zero-order valence-corrected chi connectivity index (χ0v) is 12.9. The van der Waals surface area contributed by atoms with Crippen LogP contribution in [-0.4, -0.2) is 35.0 Å². The van der Waals surface area contributed by atoms with Crippen molar-refractivity contribution in [2.75, 3.05) is 13.2 Å². The van der Waals surface area contributed by atoms with Crippen LogP contribution in [0.1, 0.15) is 58.2 Å². The Kier molecular flexibility index (Phi) is 5.54. The summed E-state index contributed by atoms with van der Waals surface area (Å²) in [4.78, 5) is 0. The first-order valence-electron chi connectivity index (χ1n) is 7.71. The maximum Gasteiger partial charge on any atom is 0.216 e. The van der Waals surface area contributed by atoms with Crippen molar-refractivity contribution >= 4 is 0 Å². The quantitative estimate of drug-likeness (QED) is 0.778. The fourth-order valence-corrected chi connectivity index (χ4v) is 2.35. The minimum Gasteiger partial charge on any atom is -0.425 e. The van der Waals surface area contributed by atoms with Gasteiger partial charge in [0.25, 0.3) is 0 Å². The average molecular weight is 281 g/mol. The van der Waals surface area contributed by atoms with Crippen LogP contribution in [0, 0.1) is 0 Å². The van der Waals surface area contributed by atoms with Gasteiger partial charge < -0.3 is 14.5 Å². The van der Waals surface area contributed by atoms with Gasteiger partial charge in [-0.05, 0) is 53.0 Å². The first kappa shape index (κ1) is 15.4. The lowest BCUT2D eigenvalue weighted by molar-refractivity contribution is 0.103. The second-order valence-electron chi connectivity index (χ2n) is 6.54. The van der Waals surface area contributed by atoms with Gasteiger partial charge in [0.15, 0.2) is 0 Å². The van der Waals surface area contributed by atoms with Crippen LogP contribution in [0.3, 0.4) is 0 Å². The highest BCUT2D eigenvalue weighted by molar-refractivity contribution is 4.84. The highest BCUT2D eigenvalue weighted by Gasteiger charge is 2.17. The molecule has 1 unspecified atom stereocenters. The number of hydrogen-bond donors (Lipinski definition) is 1. The standard InChI is InChI=1S/C15H27N3O2/c1-15(2,3)16-10-4-7-13-17-18-14(20-13)9-8-12-6-5-11-19-12/h12,16H,4-11H2,1-3H3. The maximum atomic E-state index is 5.67. The maximum absolute atomic E-state index is 5.67. The molecule has 0 spiro atoms. The van der Waals surface area contributed by atoms with Gasteiger partial charge in [-0.15, -0.1) is 10.2 Å². The molecule has 1 aromatic rings. The number of nitrogens with one attached hydrogen (secondary N) is 1. The van der Waals surface area contributed by atoms with Crippen molar-refractivity contribution < 1.29 is 9.15 Å². The summed E-state index contributed by atoms with van der Waals surface area (Å²) in [7, 11) is 0. The number of ether oxygens (including phenoxy) is 1. The Morgan fingerprint density at radius 3 is 2.60 bits per heavy atom. The van der Waals surface area contributed by atoms with Crippen LogP contribution in [0.2, 0.25) is 0 Å². The molecule has 1 aliphatic heterocycles. The van der Waals surface area contributed by atoms with E-state index in [1.165, 1.54) is 12.8 Å². The molecule has 1 aromatic heterocycles. The molecular weight excluding hydrogens is 254 g/mol. The Bertz CT molecular complexity index is 392. The third-order valence-electron chi connectivity index (χ3n) is 3.44. The van der Waals surface area contributed by atoms with Crippen molar-refractivity contribution in [3.8, 4) is 0 Å².